The Morgan fingerprint density at radius 1 is 1.17 bits per heavy atom. The molecule has 2 atom stereocenters. The summed E-state index contributed by atoms with van der Waals surface area (Å²) >= 11 is 0. The Morgan fingerprint density at radius 3 is 2.33 bits per heavy atom. The average molecular weight is 265 g/mol. The third-order valence-electron chi connectivity index (χ3n) is 3.26. The van der Waals surface area contributed by atoms with E-state index in [9.17, 15) is 22.0 Å². The van der Waals surface area contributed by atoms with Crippen LogP contribution in [-0.2, 0) is 5.92 Å². The fourth-order valence-electron chi connectivity index (χ4n) is 2.04. The van der Waals surface area contributed by atoms with Crippen LogP contribution in [-0.4, -0.2) is 12.7 Å². The van der Waals surface area contributed by atoms with Gasteiger partial charge in [-0.2, -0.15) is 22.0 Å². The Balaban J connectivity index is 2.28. The molecule has 0 spiro atoms. The van der Waals surface area contributed by atoms with Crippen molar-refractivity contribution in [3.63, 3.8) is 0 Å². The molecule has 1 aromatic rings. The SMILES string of the molecule is NCC1CC1c1cccc(C(F)(F)C(F)(F)F)c1. The summed E-state index contributed by atoms with van der Waals surface area (Å²) in [4.78, 5) is 0. The number of nitrogens with two attached hydrogens (primary N) is 1. The van der Waals surface area contributed by atoms with Crippen LogP contribution in [0.3, 0.4) is 0 Å². The van der Waals surface area contributed by atoms with E-state index in [1.54, 1.807) is 6.07 Å². The van der Waals surface area contributed by atoms with Gasteiger partial charge in [0.15, 0.2) is 0 Å². The molecular formula is C12H12F5N. The van der Waals surface area contributed by atoms with Crippen LogP contribution in [0.25, 0.3) is 0 Å². The first-order chi connectivity index (χ1) is 8.27. The minimum Gasteiger partial charge on any atom is -0.330 e. The van der Waals surface area contributed by atoms with Gasteiger partial charge in [-0.3, -0.25) is 0 Å². The zero-order valence-electron chi connectivity index (χ0n) is 9.35. The number of hydrogen-bond donors (Lipinski definition) is 1. The maximum absolute atomic E-state index is 13.2. The number of benzene rings is 1. The molecule has 1 aliphatic carbocycles. The van der Waals surface area contributed by atoms with E-state index in [2.05, 4.69) is 0 Å². The summed E-state index contributed by atoms with van der Waals surface area (Å²) in [6.07, 6.45) is -4.82. The molecule has 100 valence electrons. The van der Waals surface area contributed by atoms with Crippen LogP contribution in [0.4, 0.5) is 22.0 Å². The zero-order valence-corrected chi connectivity index (χ0v) is 9.35. The molecule has 1 fully saturated rings. The lowest BCUT2D eigenvalue weighted by Crippen LogP contribution is -2.33. The van der Waals surface area contributed by atoms with E-state index >= 15 is 0 Å². The van der Waals surface area contributed by atoms with Gasteiger partial charge in [-0.05, 0) is 36.4 Å². The van der Waals surface area contributed by atoms with E-state index in [1.165, 1.54) is 6.07 Å². The second kappa shape index (κ2) is 4.19. The lowest BCUT2D eigenvalue weighted by molar-refractivity contribution is -0.289. The van der Waals surface area contributed by atoms with E-state index < -0.39 is 17.7 Å². The third-order valence-corrected chi connectivity index (χ3v) is 3.26. The van der Waals surface area contributed by atoms with Gasteiger partial charge >= 0.3 is 12.1 Å². The van der Waals surface area contributed by atoms with Crippen LogP contribution in [0.1, 0.15) is 23.5 Å². The number of halogens is 5. The van der Waals surface area contributed by atoms with Crippen LogP contribution >= 0.6 is 0 Å². The topological polar surface area (TPSA) is 26.0 Å². The maximum Gasteiger partial charge on any atom is 0.458 e. The average Bonchev–Trinajstić information content (AvgIpc) is 3.07. The molecule has 0 aromatic heterocycles. The van der Waals surface area contributed by atoms with Crippen LogP contribution in [0, 0.1) is 5.92 Å². The quantitative estimate of drug-likeness (QED) is 0.833. The van der Waals surface area contributed by atoms with E-state index in [0.717, 1.165) is 18.6 Å². The van der Waals surface area contributed by atoms with Crippen molar-refractivity contribution in [1.82, 2.24) is 0 Å². The number of hydrogen-bond acceptors (Lipinski definition) is 1. The second-order valence-electron chi connectivity index (χ2n) is 4.54. The van der Waals surface area contributed by atoms with Crippen LogP contribution in [0.15, 0.2) is 24.3 Å². The van der Waals surface area contributed by atoms with Crippen LogP contribution < -0.4 is 5.73 Å². The molecule has 1 aliphatic rings. The fourth-order valence-corrected chi connectivity index (χ4v) is 2.04. The molecule has 2 N–H and O–H groups in total. The predicted molar refractivity (Wildman–Crippen MR) is 56.3 cm³/mol. The van der Waals surface area contributed by atoms with Crippen molar-refractivity contribution in [2.24, 2.45) is 11.7 Å². The van der Waals surface area contributed by atoms with Crippen LogP contribution in [0.5, 0.6) is 0 Å². The lowest BCUT2D eigenvalue weighted by atomic mass is 10.0. The standard InChI is InChI=1S/C12H12F5N/c13-11(14,12(15,16)17)9-3-1-2-7(4-9)10-5-8(10)6-18/h1-4,8,10H,5-6,18H2. The minimum absolute atomic E-state index is 0.0129. The van der Waals surface area contributed by atoms with Crippen molar-refractivity contribution in [2.45, 2.75) is 24.4 Å². The second-order valence-corrected chi connectivity index (χ2v) is 4.54. The molecule has 2 rings (SSSR count). The van der Waals surface area contributed by atoms with Crippen molar-refractivity contribution >= 4 is 0 Å². The Hall–Kier alpha value is -1.17. The summed E-state index contributed by atoms with van der Waals surface area (Å²) in [6.45, 7) is 0.421. The molecule has 0 aliphatic heterocycles. The van der Waals surface area contributed by atoms with Crippen molar-refractivity contribution < 1.29 is 22.0 Å². The molecule has 0 bridgehead atoms. The Labute approximate surface area is 101 Å². The first-order valence-electron chi connectivity index (χ1n) is 5.52. The van der Waals surface area contributed by atoms with Gasteiger partial charge in [0.2, 0.25) is 0 Å². The Kier molecular flexibility index (Phi) is 3.09. The van der Waals surface area contributed by atoms with Gasteiger partial charge < -0.3 is 5.73 Å². The molecule has 1 nitrogen and oxygen atoms in total. The van der Waals surface area contributed by atoms with Gasteiger partial charge in [0.05, 0.1) is 0 Å². The molecule has 0 saturated heterocycles. The largest absolute Gasteiger partial charge is 0.458 e. The summed E-state index contributed by atoms with van der Waals surface area (Å²) in [5.74, 6) is -4.60. The highest BCUT2D eigenvalue weighted by molar-refractivity contribution is 5.33. The van der Waals surface area contributed by atoms with Gasteiger partial charge in [-0.1, -0.05) is 18.2 Å². The van der Waals surface area contributed by atoms with Crippen molar-refractivity contribution in [1.29, 1.82) is 0 Å². The van der Waals surface area contributed by atoms with Gasteiger partial charge in [0, 0.05) is 5.56 Å². The van der Waals surface area contributed by atoms with Gasteiger partial charge in [-0.25, -0.2) is 0 Å². The Bertz CT molecular complexity index is 440. The van der Waals surface area contributed by atoms with E-state index in [0.29, 0.717) is 12.1 Å². The predicted octanol–water partition coefficient (Wildman–Crippen LogP) is 3.40. The highest BCUT2D eigenvalue weighted by Crippen LogP contribution is 2.49. The van der Waals surface area contributed by atoms with E-state index in [4.69, 9.17) is 5.73 Å². The maximum atomic E-state index is 13.2. The van der Waals surface area contributed by atoms with Crippen molar-refractivity contribution in [3.8, 4) is 0 Å². The fraction of sp³-hybridized carbons (Fsp3) is 0.500. The van der Waals surface area contributed by atoms with Crippen LogP contribution in [0.2, 0.25) is 0 Å². The summed E-state index contributed by atoms with van der Waals surface area (Å²) in [6, 6.07) is 4.54. The van der Waals surface area contributed by atoms with E-state index in [-0.39, 0.29) is 11.8 Å². The van der Waals surface area contributed by atoms with Gasteiger partial charge in [-0.15, -0.1) is 0 Å². The summed E-state index contributed by atoms with van der Waals surface area (Å²) in [7, 11) is 0. The lowest BCUT2D eigenvalue weighted by Gasteiger charge is -2.20. The summed E-state index contributed by atoms with van der Waals surface area (Å²) in [5.41, 5.74) is 4.93. The molecule has 2 unspecified atom stereocenters. The molecule has 6 heteroatoms. The summed E-state index contributed by atoms with van der Waals surface area (Å²) < 4.78 is 63.0. The monoisotopic (exact) mass is 265 g/mol. The van der Waals surface area contributed by atoms with Gasteiger partial charge in [0.25, 0.3) is 0 Å². The highest BCUT2D eigenvalue weighted by Gasteiger charge is 2.58. The number of alkyl halides is 5. The number of rotatable bonds is 3. The summed E-state index contributed by atoms with van der Waals surface area (Å²) in [5, 5.41) is 0. The molecule has 0 amide bonds. The molecular weight excluding hydrogens is 253 g/mol. The zero-order chi connectivity index (χ0) is 13.6. The smallest absolute Gasteiger partial charge is 0.330 e. The normalized spacial score (nSPS) is 24.1. The minimum atomic E-state index is -5.57. The first-order valence-corrected chi connectivity index (χ1v) is 5.52. The highest BCUT2D eigenvalue weighted by atomic mass is 19.4. The Morgan fingerprint density at radius 2 is 1.83 bits per heavy atom. The molecule has 0 radical (unpaired) electrons. The van der Waals surface area contributed by atoms with E-state index in [1.807, 2.05) is 0 Å². The van der Waals surface area contributed by atoms with Gasteiger partial charge in [0.1, 0.15) is 0 Å². The molecule has 18 heavy (non-hydrogen) atoms. The first kappa shape index (κ1) is 13.3. The van der Waals surface area contributed by atoms with Crippen molar-refractivity contribution in [3.05, 3.63) is 35.4 Å². The molecule has 1 aromatic carbocycles. The van der Waals surface area contributed by atoms with Crippen molar-refractivity contribution in [2.75, 3.05) is 6.54 Å². The third kappa shape index (κ3) is 2.21. The molecule has 0 heterocycles. The molecule has 1 saturated carbocycles.